The maximum Gasteiger partial charge on any atom is 0.277 e. The van der Waals surface area contributed by atoms with E-state index in [9.17, 15) is 4.79 Å². The number of hydrogen-bond acceptors (Lipinski definition) is 5. The van der Waals surface area contributed by atoms with Crippen LogP contribution in [0.1, 0.15) is 19.2 Å². The second-order valence-corrected chi connectivity index (χ2v) is 3.65. The lowest BCUT2D eigenvalue weighted by atomic mass is 10.5. The predicted molar refractivity (Wildman–Crippen MR) is 53.1 cm³/mol. The van der Waals surface area contributed by atoms with Gasteiger partial charge < -0.3 is 9.73 Å². The molecule has 1 aromatic rings. The molecule has 0 saturated carbocycles. The molecule has 0 aliphatic carbocycles. The number of nitrogens with one attached hydrogen (secondary N) is 1. The fourth-order valence-electron chi connectivity index (χ4n) is 0.779. The number of carbonyl (C=O) groups excluding carboxylic acids is 1. The topological polar surface area (TPSA) is 68.0 Å². The molecule has 0 saturated heterocycles. The van der Waals surface area contributed by atoms with Crippen LogP contribution in [-0.2, 0) is 4.79 Å². The second-order valence-electron chi connectivity index (χ2n) is 2.73. The van der Waals surface area contributed by atoms with Gasteiger partial charge in [0.05, 0.1) is 5.75 Å². The van der Waals surface area contributed by atoms with Crippen molar-refractivity contribution in [3.05, 3.63) is 5.89 Å². The van der Waals surface area contributed by atoms with E-state index in [2.05, 4.69) is 15.5 Å². The van der Waals surface area contributed by atoms with Crippen LogP contribution in [0.15, 0.2) is 9.64 Å². The Morgan fingerprint density at radius 1 is 1.57 bits per heavy atom. The first-order valence-electron chi connectivity index (χ1n) is 4.42. The summed E-state index contributed by atoms with van der Waals surface area (Å²) in [6.45, 7) is 4.44. The molecule has 0 atom stereocenters. The maximum absolute atomic E-state index is 11.2. The smallest absolute Gasteiger partial charge is 0.277 e. The average Bonchev–Trinajstić information content (AvgIpc) is 2.58. The Morgan fingerprint density at radius 2 is 2.36 bits per heavy atom. The molecule has 0 aliphatic rings. The fourth-order valence-corrected chi connectivity index (χ4v) is 1.41. The SMILES string of the molecule is CCCNC(=O)CSc1nnc(C)o1. The minimum Gasteiger partial charge on any atom is -0.416 e. The van der Waals surface area contributed by atoms with Crippen molar-refractivity contribution >= 4 is 17.7 Å². The van der Waals surface area contributed by atoms with Crippen LogP contribution in [0.2, 0.25) is 0 Å². The second kappa shape index (κ2) is 5.64. The number of carbonyl (C=O) groups is 1. The Kier molecular flexibility index (Phi) is 4.45. The third-order valence-corrected chi connectivity index (χ3v) is 2.22. The molecule has 1 rings (SSSR count). The summed E-state index contributed by atoms with van der Waals surface area (Å²) in [5, 5.41) is 10.6. The highest BCUT2D eigenvalue weighted by atomic mass is 32.2. The van der Waals surface area contributed by atoms with Gasteiger partial charge in [-0.05, 0) is 6.42 Å². The molecule has 0 spiro atoms. The van der Waals surface area contributed by atoms with Gasteiger partial charge in [-0.2, -0.15) is 0 Å². The molecule has 1 aromatic heterocycles. The molecular formula is C8H13N3O2S. The van der Waals surface area contributed by atoms with Crippen LogP contribution < -0.4 is 5.32 Å². The molecule has 0 unspecified atom stereocenters. The molecule has 1 heterocycles. The highest BCUT2D eigenvalue weighted by Crippen LogP contribution is 2.14. The molecule has 5 nitrogen and oxygen atoms in total. The first-order valence-corrected chi connectivity index (χ1v) is 5.40. The van der Waals surface area contributed by atoms with Crippen LogP contribution in [0.5, 0.6) is 0 Å². The third kappa shape index (κ3) is 3.78. The van der Waals surface area contributed by atoms with Crippen molar-refractivity contribution in [2.24, 2.45) is 0 Å². The van der Waals surface area contributed by atoms with E-state index in [0.29, 0.717) is 23.4 Å². The quantitative estimate of drug-likeness (QED) is 0.742. The predicted octanol–water partition coefficient (Wildman–Crippen LogP) is 0.996. The molecule has 14 heavy (non-hydrogen) atoms. The normalized spacial score (nSPS) is 10.1. The van der Waals surface area contributed by atoms with E-state index in [4.69, 9.17) is 4.42 Å². The summed E-state index contributed by atoms with van der Waals surface area (Å²) in [6.07, 6.45) is 0.941. The van der Waals surface area contributed by atoms with E-state index in [0.717, 1.165) is 6.42 Å². The van der Waals surface area contributed by atoms with Gasteiger partial charge in [-0.1, -0.05) is 18.7 Å². The summed E-state index contributed by atoms with van der Waals surface area (Å²) >= 11 is 1.25. The van der Waals surface area contributed by atoms with Gasteiger partial charge in [0.1, 0.15) is 0 Å². The van der Waals surface area contributed by atoms with Gasteiger partial charge in [-0.3, -0.25) is 4.79 Å². The highest BCUT2D eigenvalue weighted by Gasteiger charge is 2.06. The number of aromatic nitrogens is 2. The van der Waals surface area contributed by atoms with Crippen molar-refractivity contribution in [2.75, 3.05) is 12.3 Å². The zero-order chi connectivity index (χ0) is 10.4. The van der Waals surface area contributed by atoms with Crippen LogP contribution in [0.25, 0.3) is 0 Å². The molecule has 6 heteroatoms. The van der Waals surface area contributed by atoms with Crippen molar-refractivity contribution < 1.29 is 9.21 Å². The fraction of sp³-hybridized carbons (Fsp3) is 0.625. The number of amides is 1. The standard InChI is InChI=1S/C8H13N3O2S/c1-3-4-9-7(12)5-14-8-11-10-6(2)13-8/h3-5H2,1-2H3,(H,9,12). The van der Waals surface area contributed by atoms with E-state index in [1.807, 2.05) is 6.92 Å². The average molecular weight is 215 g/mol. The van der Waals surface area contributed by atoms with E-state index in [1.54, 1.807) is 6.92 Å². The molecule has 78 valence electrons. The lowest BCUT2D eigenvalue weighted by Crippen LogP contribution is -2.25. The largest absolute Gasteiger partial charge is 0.416 e. The van der Waals surface area contributed by atoms with E-state index >= 15 is 0 Å². The van der Waals surface area contributed by atoms with Crippen molar-refractivity contribution in [1.82, 2.24) is 15.5 Å². The van der Waals surface area contributed by atoms with Crippen LogP contribution in [-0.4, -0.2) is 28.4 Å². The molecule has 1 N–H and O–H groups in total. The molecule has 0 aliphatic heterocycles. The summed E-state index contributed by atoms with van der Waals surface area (Å²) in [5.41, 5.74) is 0. The van der Waals surface area contributed by atoms with Crippen LogP contribution in [0.4, 0.5) is 0 Å². The van der Waals surface area contributed by atoms with Crippen molar-refractivity contribution in [1.29, 1.82) is 0 Å². The monoisotopic (exact) mass is 215 g/mol. The summed E-state index contributed by atoms with van der Waals surface area (Å²) in [4.78, 5) is 11.2. The Labute approximate surface area is 86.7 Å². The third-order valence-electron chi connectivity index (χ3n) is 1.41. The Balaban J connectivity index is 2.23. The molecular weight excluding hydrogens is 202 g/mol. The van der Waals surface area contributed by atoms with Gasteiger partial charge in [0.15, 0.2) is 0 Å². The zero-order valence-corrected chi connectivity index (χ0v) is 9.06. The minimum atomic E-state index is -0.00676. The molecule has 1 amide bonds. The number of aryl methyl sites for hydroxylation is 1. The Hall–Kier alpha value is -1.04. The summed E-state index contributed by atoms with van der Waals surface area (Å²) in [5.74, 6) is 0.830. The first kappa shape index (κ1) is 11.0. The number of thioether (sulfide) groups is 1. The van der Waals surface area contributed by atoms with Crippen LogP contribution >= 0.6 is 11.8 Å². The number of hydrogen-bond donors (Lipinski definition) is 1. The van der Waals surface area contributed by atoms with Crippen molar-refractivity contribution in [2.45, 2.75) is 25.5 Å². The van der Waals surface area contributed by atoms with E-state index < -0.39 is 0 Å². The lowest BCUT2D eigenvalue weighted by molar-refractivity contribution is -0.118. The first-order chi connectivity index (χ1) is 6.72. The van der Waals surface area contributed by atoms with E-state index in [-0.39, 0.29) is 5.91 Å². The highest BCUT2D eigenvalue weighted by molar-refractivity contribution is 7.99. The Bertz CT molecular complexity index is 301. The maximum atomic E-state index is 11.2. The zero-order valence-electron chi connectivity index (χ0n) is 8.24. The van der Waals surface area contributed by atoms with Gasteiger partial charge in [0, 0.05) is 13.5 Å². The lowest BCUT2D eigenvalue weighted by Gasteiger charge is -2.00. The van der Waals surface area contributed by atoms with Crippen molar-refractivity contribution in [3.63, 3.8) is 0 Å². The summed E-state index contributed by atoms with van der Waals surface area (Å²) in [7, 11) is 0. The molecule has 0 bridgehead atoms. The molecule has 0 fully saturated rings. The molecule has 0 radical (unpaired) electrons. The van der Waals surface area contributed by atoms with Gasteiger partial charge in [-0.25, -0.2) is 0 Å². The van der Waals surface area contributed by atoms with Gasteiger partial charge in [0.25, 0.3) is 5.22 Å². The van der Waals surface area contributed by atoms with Gasteiger partial charge in [-0.15, -0.1) is 10.2 Å². The molecule has 0 aromatic carbocycles. The van der Waals surface area contributed by atoms with Gasteiger partial charge in [0.2, 0.25) is 11.8 Å². The summed E-state index contributed by atoms with van der Waals surface area (Å²) < 4.78 is 5.10. The van der Waals surface area contributed by atoms with Crippen LogP contribution in [0.3, 0.4) is 0 Å². The summed E-state index contributed by atoms with van der Waals surface area (Å²) in [6, 6.07) is 0. The number of rotatable bonds is 5. The Morgan fingerprint density at radius 3 is 2.93 bits per heavy atom. The van der Waals surface area contributed by atoms with Crippen LogP contribution in [0, 0.1) is 6.92 Å². The number of nitrogens with zero attached hydrogens (tertiary/aromatic N) is 2. The van der Waals surface area contributed by atoms with E-state index in [1.165, 1.54) is 11.8 Å². The minimum absolute atomic E-state index is 0.00676. The van der Waals surface area contributed by atoms with Crippen molar-refractivity contribution in [3.8, 4) is 0 Å². The van der Waals surface area contributed by atoms with Gasteiger partial charge >= 0.3 is 0 Å².